The molecule has 3 rings (SSSR count). The van der Waals surface area contributed by atoms with Crippen LogP contribution in [-0.4, -0.2) is 17.9 Å². The second-order valence-electron chi connectivity index (χ2n) is 5.63. The average molecular weight is 373 g/mol. The minimum Gasteiger partial charge on any atom is -0.322 e. The summed E-state index contributed by atoms with van der Waals surface area (Å²) in [6.07, 6.45) is 2.11. The van der Waals surface area contributed by atoms with Crippen molar-refractivity contribution in [1.29, 1.82) is 0 Å². The monoisotopic (exact) mass is 372 g/mol. The molecule has 1 saturated carbocycles. The van der Waals surface area contributed by atoms with E-state index in [-0.39, 0.29) is 11.8 Å². The van der Waals surface area contributed by atoms with Crippen molar-refractivity contribution in [3.05, 3.63) is 58.6 Å². The second-order valence-corrected chi connectivity index (χ2v) is 6.54. The van der Waals surface area contributed by atoms with Gasteiger partial charge in [-0.25, -0.2) is 0 Å². The van der Waals surface area contributed by atoms with Gasteiger partial charge in [0.2, 0.25) is 5.91 Å². The Morgan fingerprint density at radius 3 is 2.17 bits per heavy atom. The van der Waals surface area contributed by atoms with Crippen LogP contribution in [0.25, 0.3) is 0 Å². The molecular formula is C18H17BrN2O2. The number of carbonyl (C=O) groups is 2. The minimum atomic E-state index is -0.157. The maximum atomic E-state index is 12.2. The number of nitrogens with zero attached hydrogens (tertiary/aromatic N) is 1. The standard InChI is InChI=1S/C18H17BrN2O2/c1-12(22)21(17-10-11-17)16-8-6-15(7-9-16)20-18(23)13-2-4-14(19)5-3-13/h2-9,17H,10-11H2,1H3,(H,20,23). The summed E-state index contributed by atoms with van der Waals surface area (Å²) in [6, 6.07) is 14.9. The van der Waals surface area contributed by atoms with Crippen LogP contribution < -0.4 is 10.2 Å². The number of amides is 2. The van der Waals surface area contributed by atoms with Gasteiger partial charge >= 0.3 is 0 Å². The van der Waals surface area contributed by atoms with E-state index in [1.807, 2.05) is 41.3 Å². The van der Waals surface area contributed by atoms with Crippen LogP contribution >= 0.6 is 15.9 Å². The summed E-state index contributed by atoms with van der Waals surface area (Å²) in [6.45, 7) is 1.58. The molecule has 1 aliphatic rings. The van der Waals surface area contributed by atoms with Gasteiger partial charge in [0.15, 0.2) is 0 Å². The van der Waals surface area contributed by atoms with Crippen molar-refractivity contribution in [3.63, 3.8) is 0 Å². The fourth-order valence-corrected chi connectivity index (χ4v) is 2.76. The Morgan fingerprint density at radius 1 is 1.04 bits per heavy atom. The van der Waals surface area contributed by atoms with Crippen molar-refractivity contribution >= 4 is 39.1 Å². The van der Waals surface area contributed by atoms with Crippen molar-refractivity contribution in [3.8, 4) is 0 Å². The zero-order valence-electron chi connectivity index (χ0n) is 12.8. The predicted molar refractivity (Wildman–Crippen MR) is 94.7 cm³/mol. The Kier molecular flexibility index (Phi) is 4.48. The number of hydrogen-bond donors (Lipinski definition) is 1. The molecule has 0 spiro atoms. The third-order valence-corrected chi connectivity index (χ3v) is 4.29. The highest BCUT2D eigenvalue weighted by atomic mass is 79.9. The molecule has 0 saturated heterocycles. The summed E-state index contributed by atoms with van der Waals surface area (Å²) >= 11 is 3.35. The van der Waals surface area contributed by atoms with Crippen LogP contribution in [0.2, 0.25) is 0 Å². The van der Waals surface area contributed by atoms with Gasteiger partial charge in [0.25, 0.3) is 5.91 Å². The third kappa shape index (κ3) is 3.79. The van der Waals surface area contributed by atoms with E-state index in [1.165, 1.54) is 0 Å². The maximum absolute atomic E-state index is 12.2. The molecule has 1 fully saturated rings. The summed E-state index contributed by atoms with van der Waals surface area (Å²) in [7, 11) is 0. The SMILES string of the molecule is CC(=O)N(c1ccc(NC(=O)c2ccc(Br)cc2)cc1)C1CC1. The van der Waals surface area contributed by atoms with Gasteiger partial charge in [-0.15, -0.1) is 0 Å². The summed E-state index contributed by atoms with van der Waals surface area (Å²) in [5.41, 5.74) is 2.18. The number of nitrogens with one attached hydrogen (secondary N) is 1. The molecular weight excluding hydrogens is 356 g/mol. The van der Waals surface area contributed by atoms with E-state index >= 15 is 0 Å². The van der Waals surface area contributed by atoms with Crippen molar-refractivity contribution in [2.45, 2.75) is 25.8 Å². The quantitative estimate of drug-likeness (QED) is 0.873. The number of anilines is 2. The number of rotatable bonds is 4. The molecule has 0 radical (unpaired) electrons. The number of halogens is 1. The van der Waals surface area contributed by atoms with Crippen LogP contribution in [0.1, 0.15) is 30.1 Å². The molecule has 2 aromatic rings. The fraction of sp³-hybridized carbons (Fsp3) is 0.222. The van der Waals surface area contributed by atoms with E-state index in [1.54, 1.807) is 19.1 Å². The van der Waals surface area contributed by atoms with Crippen molar-refractivity contribution in [2.24, 2.45) is 0 Å². The lowest BCUT2D eigenvalue weighted by molar-refractivity contribution is -0.116. The third-order valence-electron chi connectivity index (χ3n) is 3.76. The van der Waals surface area contributed by atoms with Crippen molar-refractivity contribution in [2.75, 3.05) is 10.2 Å². The van der Waals surface area contributed by atoms with Crippen LogP contribution in [0.4, 0.5) is 11.4 Å². The topological polar surface area (TPSA) is 49.4 Å². The number of hydrogen-bond acceptors (Lipinski definition) is 2. The van der Waals surface area contributed by atoms with E-state index in [0.717, 1.165) is 23.0 Å². The fourth-order valence-electron chi connectivity index (χ4n) is 2.49. The molecule has 4 nitrogen and oxygen atoms in total. The lowest BCUT2D eigenvalue weighted by atomic mass is 10.2. The lowest BCUT2D eigenvalue weighted by Crippen LogP contribution is -2.30. The summed E-state index contributed by atoms with van der Waals surface area (Å²) in [4.78, 5) is 25.8. The summed E-state index contributed by atoms with van der Waals surface area (Å²) < 4.78 is 0.933. The van der Waals surface area contributed by atoms with Crippen molar-refractivity contribution in [1.82, 2.24) is 0 Å². The molecule has 0 bridgehead atoms. The van der Waals surface area contributed by atoms with Gasteiger partial charge in [-0.05, 0) is 61.4 Å². The van der Waals surface area contributed by atoms with Crippen LogP contribution in [0.15, 0.2) is 53.0 Å². The van der Waals surface area contributed by atoms with Gasteiger partial charge in [-0.1, -0.05) is 15.9 Å². The van der Waals surface area contributed by atoms with Gasteiger partial charge in [-0.3, -0.25) is 9.59 Å². The molecule has 0 unspecified atom stereocenters. The minimum absolute atomic E-state index is 0.0548. The highest BCUT2D eigenvalue weighted by Gasteiger charge is 2.31. The van der Waals surface area contributed by atoms with Gasteiger partial charge < -0.3 is 10.2 Å². The first kappa shape index (κ1) is 15.7. The zero-order chi connectivity index (χ0) is 16.4. The molecule has 118 valence electrons. The first-order chi connectivity index (χ1) is 11.0. The Morgan fingerprint density at radius 2 is 1.65 bits per heavy atom. The normalized spacial score (nSPS) is 13.5. The molecule has 0 aliphatic heterocycles. The molecule has 5 heteroatoms. The number of carbonyl (C=O) groups excluding carboxylic acids is 2. The average Bonchev–Trinajstić information content (AvgIpc) is 3.34. The Hall–Kier alpha value is -2.14. The zero-order valence-corrected chi connectivity index (χ0v) is 14.3. The van der Waals surface area contributed by atoms with Gasteiger partial charge in [0, 0.05) is 34.4 Å². The van der Waals surface area contributed by atoms with Gasteiger partial charge in [0.05, 0.1) is 0 Å². The summed E-state index contributed by atoms with van der Waals surface area (Å²) in [5, 5.41) is 2.86. The molecule has 0 heterocycles. The van der Waals surface area contributed by atoms with Crippen LogP contribution in [0.3, 0.4) is 0 Å². The first-order valence-electron chi connectivity index (χ1n) is 7.51. The van der Waals surface area contributed by atoms with Gasteiger partial charge in [-0.2, -0.15) is 0 Å². The molecule has 1 N–H and O–H groups in total. The molecule has 2 amide bonds. The second kappa shape index (κ2) is 6.54. The van der Waals surface area contributed by atoms with Crippen LogP contribution in [0, 0.1) is 0 Å². The van der Waals surface area contributed by atoms with Crippen LogP contribution in [0.5, 0.6) is 0 Å². The number of benzene rings is 2. The van der Waals surface area contributed by atoms with Crippen LogP contribution in [-0.2, 0) is 4.79 Å². The van der Waals surface area contributed by atoms with E-state index in [2.05, 4.69) is 21.2 Å². The molecule has 23 heavy (non-hydrogen) atoms. The van der Waals surface area contributed by atoms with E-state index in [0.29, 0.717) is 17.3 Å². The molecule has 1 aliphatic carbocycles. The largest absolute Gasteiger partial charge is 0.322 e. The smallest absolute Gasteiger partial charge is 0.255 e. The first-order valence-corrected chi connectivity index (χ1v) is 8.30. The summed E-state index contributed by atoms with van der Waals surface area (Å²) in [5.74, 6) is -0.102. The maximum Gasteiger partial charge on any atom is 0.255 e. The van der Waals surface area contributed by atoms with E-state index in [4.69, 9.17) is 0 Å². The Bertz CT molecular complexity index is 722. The Labute approximate surface area is 143 Å². The van der Waals surface area contributed by atoms with E-state index < -0.39 is 0 Å². The molecule has 0 aromatic heterocycles. The van der Waals surface area contributed by atoms with Crippen molar-refractivity contribution < 1.29 is 9.59 Å². The highest BCUT2D eigenvalue weighted by molar-refractivity contribution is 9.10. The highest BCUT2D eigenvalue weighted by Crippen LogP contribution is 2.32. The Balaban J connectivity index is 1.71. The molecule has 0 atom stereocenters. The predicted octanol–water partition coefficient (Wildman–Crippen LogP) is 4.22. The van der Waals surface area contributed by atoms with E-state index in [9.17, 15) is 9.59 Å². The molecule has 2 aromatic carbocycles. The van der Waals surface area contributed by atoms with Gasteiger partial charge in [0.1, 0.15) is 0 Å². The lowest BCUT2D eigenvalue weighted by Gasteiger charge is -2.21.